The van der Waals surface area contributed by atoms with Crippen LogP contribution < -0.4 is 16.0 Å². The van der Waals surface area contributed by atoms with Crippen molar-refractivity contribution in [1.82, 2.24) is 10.6 Å². The van der Waals surface area contributed by atoms with Crippen molar-refractivity contribution in [2.24, 2.45) is 0 Å². The van der Waals surface area contributed by atoms with Gasteiger partial charge in [-0.1, -0.05) is 44.5 Å². The largest absolute Gasteiger partial charge is 0.337 e. The Balaban J connectivity index is 1.76. The lowest BCUT2D eigenvalue weighted by molar-refractivity contribution is -0.115. The molecule has 3 N–H and O–H groups in total. The zero-order chi connectivity index (χ0) is 22.4. The molecule has 162 valence electrons. The van der Waals surface area contributed by atoms with Gasteiger partial charge < -0.3 is 16.0 Å². The van der Waals surface area contributed by atoms with E-state index >= 15 is 0 Å². The Kier molecular flexibility index (Phi) is 7.86. The minimum absolute atomic E-state index is 0.0677. The number of urea groups is 1. The summed E-state index contributed by atoms with van der Waals surface area (Å²) >= 11 is 5.77. The maximum Gasteiger partial charge on any atom is 0.315 e. The van der Waals surface area contributed by atoms with Gasteiger partial charge in [-0.3, -0.25) is 4.79 Å². The summed E-state index contributed by atoms with van der Waals surface area (Å²) < 4.78 is 24.8. The predicted molar refractivity (Wildman–Crippen MR) is 119 cm³/mol. The summed E-state index contributed by atoms with van der Waals surface area (Å²) in [6.07, 6.45) is 0. The van der Waals surface area contributed by atoms with E-state index < -0.39 is 21.8 Å². The van der Waals surface area contributed by atoms with Crippen molar-refractivity contribution in [2.75, 3.05) is 24.2 Å². The lowest BCUT2D eigenvalue weighted by atomic mass is 9.87. The van der Waals surface area contributed by atoms with Crippen LogP contribution in [-0.2, 0) is 20.0 Å². The number of nitrogens with one attached hydrogen (secondary N) is 3. The molecule has 0 heterocycles. The average Bonchev–Trinajstić information content (AvgIpc) is 2.67. The Morgan fingerprint density at radius 1 is 0.933 bits per heavy atom. The number of carbonyl (C=O) groups is 2. The van der Waals surface area contributed by atoms with Gasteiger partial charge in [-0.25, -0.2) is 13.2 Å². The topological polar surface area (TPSA) is 104 Å². The molecule has 0 spiro atoms. The number of carbonyl (C=O) groups excluding carboxylic acids is 2. The van der Waals surface area contributed by atoms with Crippen molar-refractivity contribution in [3.8, 4) is 0 Å². The van der Waals surface area contributed by atoms with Crippen LogP contribution >= 0.6 is 11.6 Å². The highest BCUT2D eigenvalue weighted by molar-refractivity contribution is 7.91. The molecule has 0 aliphatic carbocycles. The third-order valence-electron chi connectivity index (χ3n) is 4.27. The summed E-state index contributed by atoms with van der Waals surface area (Å²) in [4.78, 5) is 23.9. The van der Waals surface area contributed by atoms with E-state index in [2.05, 4.69) is 36.7 Å². The first-order valence-corrected chi connectivity index (χ1v) is 11.4. The zero-order valence-corrected chi connectivity index (χ0v) is 18.7. The van der Waals surface area contributed by atoms with Crippen LogP contribution in [0, 0.1) is 0 Å². The van der Waals surface area contributed by atoms with Crippen LogP contribution in [0.1, 0.15) is 26.3 Å². The first-order valence-electron chi connectivity index (χ1n) is 9.38. The van der Waals surface area contributed by atoms with Gasteiger partial charge in [0, 0.05) is 17.3 Å². The summed E-state index contributed by atoms with van der Waals surface area (Å²) in [6, 6.07) is 12.7. The van der Waals surface area contributed by atoms with E-state index in [1.165, 1.54) is 0 Å². The molecule has 2 rings (SSSR count). The molecule has 0 bridgehead atoms. The molecule has 0 fully saturated rings. The van der Waals surface area contributed by atoms with Crippen LogP contribution in [-0.4, -0.2) is 39.2 Å². The molecule has 0 saturated carbocycles. The highest BCUT2D eigenvalue weighted by atomic mass is 35.5. The second-order valence-electron chi connectivity index (χ2n) is 7.76. The standard InChI is InChI=1S/C21H26ClN3O4S/c1-21(2,3)15-4-10-18(11-5-15)30(28,29)13-12-23-20(27)24-14-19(26)25-17-8-6-16(22)7-9-17/h4-11H,12-14H2,1-3H3,(H,25,26)(H2,23,24,27). The zero-order valence-electron chi connectivity index (χ0n) is 17.2. The van der Waals surface area contributed by atoms with Crippen LogP contribution in [0.4, 0.5) is 10.5 Å². The fourth-order valence-electron chi connectivity index (χ4n) is 2.54. The van der Waals surface area contributed by atoms with Crippen LogP contribution in [0.15, 0.2) is 53.4 Å². The Morgan fingerprint density at radius 3 is 2.10 bits per heavy atom. The van der Waals surface area contributed by atoms with Gasteiger partial charge in [0.15, 0.2) is 9.84 Å². The van der Waals surface area contributed by atoms with E-state index in [1.807, 2.05) is 0 Å². The molecule has 9 heteroatoms. The smallest absolute Gasteiger partial charge is 0.315 e. The van der Waals surface area contributed by atoms with Gasteiger partial charge in [0.25, 0.3) is 0 Å². The molecule has 30 heavy (non-hydrogen) atoms. The Bertz CT molecular complexity index is 982. The quantitative estimate of drug-likeness (QED) is 0.600. The van der Waals surface area contributed by atoms with E-state index in [0.717, 1.165) is 5.56 Å². The third-order valence-corrected chi connectivity index (χ3v) is 6.26. The summed E-state index contributed by atoms with van der Waals surface area (Å²) in [5.41, 5.74) is 1.52. The van der Waals surface area contributed by atoms with E-state index in [-0.39, 0.29) is 29.2 Å². The van der Waals surface area contributed by atoms with E-state index in [0.29, 0.717) is 10.7 Å². The number of hydrogen-bond acceptors (Lipinski definition) is 4. The van der Waals surface area contributed by atoms with E-state index in [4.69, 9.17) is 11.6 Å². The Hall–Kier alpha value is -2.58. The van der Waals surface area contributed by atoms with Gasteiger partial charge >= 0.3 is 6.03 Å². The van der Waals surface area contributed by atoms with Gasteiger partial charge in [0.1, 0.15) is 0 Å². The second kappa shape index (κ2) is 9.95. The highest BCUT2D eigenvalue weighted by Crippen LogP contribution is 2.23. The first-order chi connectivity index (χ1) is 14.0. The van der Waals surface area contributed by atoms with Crippen molar-refractivity contribution >= 4 is 39.1 Å². The van der Waals surface area contributed by atoms with E-state index in [9.17, 15) is 18.0 Å². The molecule has 2 aromatic rings. The molecule has 3 amide bonds. The van der Waals surface area contributed by atoms with Crippen LogP contribution in [0.2, 0.25) is 5.02 Å². The maximum atomic E-state index is 12.4. The van der Waals surface area contributed by atoms with Gasteiger partial charge in [0.05, 0.1) is 17.2 Å². The first kappa shape index (κ1) is 23.7. The number of anilines is 1. The van der Waals surface area contributed by atoms with Crippen LogP contribution in [0.25, 0.3) is 0 Å². The second-order valence-corrected chi connectivity index (χ2v) is 10.3. The Morgan fingerprint density at radius 2 is 1.53 bits per heavy atom. The number of halogens is 1. The molecule has 2 aromatic carbocycles. The third kappa shape index (κ3) is 7.35. The molecule has 0 aliphatic heterocycles. The summed E-state index contributed by atoms with van der Waals surface area (Å²) in [5, 5.41) is 7.98. The fraction of sp³-hybridized carbons (Fsp3) is 0.333. The maximum absolute atomic E-state index is 12.4. The van der Waals surface area contributed by atoms with Crippen LogP contribution in [0.3, 0.4) is 0 Å². The van der Waals surface area contributed by atoms with Gasteiger partial charge in [0.2, 0.25) is 5.91 Å². The molecule has 0 aliphatic rings. The van der Waals surface area contributed by atoms with Gasteiger partial charge in [-0.15, -0.1) is 0 Å². The molecule has 7 nitrogen and oxygen atoms in total. The molecule has 0 saturated heterocycles. The molecular weight excluding hydrogens is 426 g/mol. The minimum Gasteiger partial charge on any atom is -0.337 e. The number of hydrogen-bond donors (Lipinski definition) is 3. The molecule has 0 atom stereocenters. The van der Waals surface area contributed by atoms with Crippen molar-refractivity contribution in [3.05, 3.63) is 59.1 Å². The summed E-state index contributed by atoms with van der Waals surface area (Å²) in [7, 11) is -3.53. The van der Waals surface area contributed by atoms with Gasteiger partial charge in [-0.05, 0) is 47.4 Å². The summed E-state index contributed by atoms with van der Waals surface area (Å²) in [5.74, 6) is -0.661. The van der Waals surface area contributed by atoms with E-state index in [1.54, 1.807) is 48.5 Å². The van der Waals surface area contributed by atoms with Crippen molar-refractivity contribution < 1.29 is 18.0 Å². The monoisotopic (exact) mass is 451 g/mol. The lowest BCUT2D eigenvalue weighted by Gasteiger charge is -2.19. The average molecular weight is 452 g/mol. The SMILES string of the molecule is CC(C)(C)c1ccc(S(=O)(=O)CCNC(=O)NCC(=O)Nc2ccc(Cl)cc2)cc1. The molecular formula is C21H26ClN3O4S. The number of rotatable bonds is 7. The lowest BCUT2D eigenvalue weighted by Crippen LogP contribution is -2.41. The number of sulfone groups is 1. The molecule has 0 aromatic heterocycles. The highest BCUT2D eigenvalue weighted by Gasteiger charge is 2.18. The van der Waals surface area contributed by atoms with Crippen LogP contribution in [0.5, 0.6) is 0 Å². The Labute approximate surface area is 182 Å². The molecule has 0 radical (unpaired) electrons. The van der Waals surface area contributed by atoms with Crippen molar-refractivity contribution in [2.45, 2.75) is 31.1 Å². The van der Waals surface area contributed by atoms with Gasteiger partial charge in [-0.2, -0.15) is 0 Å². The number of amides is 3. The normalized spacial score (nSPS) is 11.6. The van der Waals surface area contributed by atoms with Crippen molar-refractivity contribution in [3.63, 3.8) is 0 Å². The predicted octanol–water partition coefficient (Wildman–Crippen LogP) is 3.35. The van der Waals surface area contributed by atoms with Crippen molar-refractivity contribution in [1.29, 1.82) is 0 Å². The molecule has 0 unspecified atom stereocenters. The minimum atomic E-state index is -3.53. The fourth-order valence-corrected chi connectivity index (χ4v) is 3.82. The number of benzene rings is 2. The summed E-state index contributed by atoms with van der Waals surface area (Å²) in [6.45, 7) is 5.82.